The zero-order valence-electron chi connectivity index (χ0n) is 12.3. The van der Waals surface area contributed by atoms with E-state index in [2.05, 4.69) is 6.58 Å². The minimum absolute atomic E-state index is 0.0371. The standard InChI is InChI=1S/C14H19NO5S/c1-5-8-9-11(6-2)21(19,20)15-14(18)13(10(4)16)12(17)7-3/h5-6,8-9,13H,1,7H2,2-4H3,(H,15,18)/b9-8-,11-6+. The summed E-state index contributed by atoms with van der Waals surface area (Å²) >= 11 is 0. The van der Waals surface area contributed by atoms with Gasteiger partial charge in [-0.25, -0.2) is 13.1 Å². The van der Waals surface area contributed by atoms with Gasteiger partial charge in [0, 0.05) is 6.42 Å². The van der Waals surface area contributed by atoms with Crippen molar-refractivity contribution in [2.24, 2.45) is 5.92 Å². The zero-order chi connectivity index (χ0) is 16.6. The lowest BCUT2D eigenvalue weighted by molar-refractivity contribution is -0.139. The van der Waals surface area contributed by atoms with Crippen LogP contribution in [0.1, 0.15) is 27.2 Å². The number of allylic oxidation sites excluding steroid dienone is 4. The summed E-state index contributed by atoms with van der Waals surface area (Å²) in [6, 6.07) is 0. The van der Waals surface area contributed by atoms with Crippen LogP contribution >= 0.6 is 0 Å². The molecular formula is C14H19NO5S. The third-order valence-corrected chi connectivity index (χ3v) is 4.03. The molecular weight excluding hydrogens is 294 g/mol. The number of sulfonamides is 1. The van der Waals surface area contributed by atoms with Gasteiger partial charge in [0.25, 0.3) is 15.9 Å². The normalized spacial score (nSPS) is 13.8. The zero-order valence-corrected chi connectivity index (χ0v) is 13.1. The van der Waals surface area contributed by atoms with Crippen LogP contribution in [0.4, 0.5) is 0 Å². The molecule has 1 atom stereocenters. The number of hydrogen-bond acceptors (Lipinski definition) is 5. The Morgan fingerprint density at radius 1 is 1.29 bits per heavy atom. The maximum atomic E-state index is 12.0. The maximum Gasteiger partial charge on any atom is 0.263 e. The number of carbonyl (C=O) groups excluding carboxylic acids is 3. The molecule has 6 nitrogen and oxygen atoms in total. The largest absolute Gasteiger partial charge is 0.299 e. The first-order valence-corrected chi connectivity index (χ1v) is 7.74. The lowest BCUT2D eigenvalue weighted by Gasteiger charge is -2.13. The first-order valence-electron chi connectivity index (χ1n) is 6.26. The van der Waals surface area contributed by atoms with Crippen molar-refractivity contribution in [1.82, 2.24) is 4.72 Å². The van der Waals surface area contributed by atoms with Crippen LogP contribution < -0.4 is 4.72 Å². The Balaban J connectivity index is 5.38. The molecule has 0 heterocycles. The summed E-state index contributed by atoms with van der Waals surface area (Å²) in [5.74, 6) is -4.07. The fourth-order valence-corrected chi connectivity index (χ4v) is 2.58. The molecule has 0 bridgehead atoms. The van der Waals surface area contributed by atoms with Gasteiger partial charge in [0.1, 0.15) is 5.78 Å². The van der Waals surface area contributed by atoms with Crippen LogP contribution in [0.5, 0.6) is 0 Å². The van der Waals surface area contributed by atoms with Gasteiger partial charge in [-0.1, -0.05) is 31.7 Å². The Morgan fingerprint density at radius 3 is 2.24 bits per heavy atom. The van der Waals surface area contributed by atoms with Gasteiger partial charge in [-0.15, -0.1) is 0 Å². The molecule has 0 aromatic heterocycles. The van der Waals surface area contributed by atoms with Crippen LogP contribution in [-0.2, 0) is 24.4 Å². The van der Waals surface area contributed by atoms with E-state index in [1.165, 1.54) is 38.2 Å². The highest BCUT2D eigenvalue weighted by Crippen LogP contribution is 2.10. The summed E-state index contributed by atoms with van der Waals surface area (Å²) in [7, 11) is -4.14. The van der Waals surface area contributed by atoms with E-state index in [-0.39, 0.29) is 11.3 Å². The molecule has 0 fully saturated rings. The van der Waals surface area contributed by atoms with Crippen LogP contribution in [0, 0.1) is 5.92 Å². The Morgan fingerprint density at radius 2 is 1.86 bits per heavy atom. The number of nitrogens with one attached hydrogen (secondary N) is 1. The van der Waals surface area contributed by atoms with E-state index in [0.717, 1.165) is 6.92 Å². The molecule has 0 rings (SSSR count). The van der Waals surface area contributed by atoms with Crippen LogP contribution in [0.2, 0.25) is 0 Å². The fraction of sp³-hybridized carbons (Fsp3) is 0.357. The fourth-order valence-electron chi connectivity index (χ4n) is 1.52. The molecule has 0 aromatic carbocycles. The topological polar surface area (TPSA) is 97.4 Å². The highest BCUT2D eigenvalue weighted by Gasteiger charge is 2.32. The smallest absolute Gasteiger partial charge is 0.263 e. The van der Waals surface area contributed by atoms with Crippen molar-refractivity contribution in [3.05, 3.63) is 35.8 Å². The molecule has 1 unspecified atom stereocenters. The van der Waals surface area contributed by atoms with Crippen LogP contribution in [0.3, 0.4) is 0 Å². The molecule has 0 radical (unpaired) electrons. The summed E-state index contributed by atoms with van der Waals surface area (Å²) in [6.07, 6.45) is 5.25. The molecule has 0 saturated carbocycles. The second-order valence-electron chi connectivity index (χ2n) is 4.12. The number of carbonyl (C=O) groups is 3. The van der Waals surface area contributed by atoms with Gasteiger partial charge in [0.2, 0.25) is 0 Å². The van der Waals surface area contributed by atoms with Crippen molar-refractivity contribution in [1.29, 1.82) is 0 Å². The summed E-state index contributed by atoms with van der Waals surface area (Å²) in [5, 5.41) is 0. The Bertz CT molecular complexity index is 599. The van der Waals surface area contributed by atoms with Crippen molar-refractivity contribution >= 4 is 27.5 Å². The highest BCUT2D eigenvalue weighted by molar-refractivity contribution is 7.94. The van der Waals surface area contributed by atoms with Crippen LogP contribution in [-0.4, -0.2) is 25.9 Å². The maximum absolute atomic E-state index is 12.0. The van der Waals surface area contributed by atoms with Crippen molar-refractivity contribution < 1.29 is 22.8 Å². The molecule has 116 valence electrons. The van der Waals surface area contributed by atoms with Gasteiger partial charge in [0.05, 0.1) is 4.91 Å². The molecule has 0 aliphatic heterocycles. The Labute approximate surface area is 124 Å². The minimum Gasteiger partial charge on any atom is -0.299 e. The van der Waals surface area contributed by atoms with Crippen molar-refractivity contribution in [2.45, 2.75) is 27.2 Å². The predicted octanol–water partition coefficient (Wildman–Crippen LogP) is 1.26. The first kappa shape index (κ1) is 19.0. The van der Waals surface area contributed by atoms with Crippen LogP contribution in [0.15, 0.2) is 35.8 Å². The average molecular weight is 313 g/mol. The van der Waals surface area contributed by atoms with E-state index < -0.39 is 33.4 Å². The van der Waals surface area contributed by atoms with E-state index in [4.69, 9.17) is 0 Å². The average Bonchev–Trinajstić information content (AvgIpc) is 2.37. The van der Waals surface area contributed by atoms with E-state index in [1.54, 1.807) is 4.72 Å². The number of amides is 1. The van der Waals surface area contributed by atoms with Gasteiger partial charge in [-0.2, -0.15) is 0 Å². The molecule has 0 aromatic rings. The summed E-state index contributed by atoms with van der Waals surface area (Å²) < 4.78 is 25.8. The molecule has 7 heteroatoms. The summed E-state index contributed by atoms with van der Waals surface area (Å²) in [5.41, 5.74) is 0. The summed E-state index contributed by atoms with van der Waals surface area (Å²) in [4.78, 5) is 34.7. The Hall–Kier alpha value is -2.02. The highest BCUT2D eigenvalue weighted by atomic mass is 32.2. The van der Waals surface area contributed by atoms with Gasteiger partial charge in [0.15, 0.2) is 11.7 Å². The van der Waals surface area contributed by atoms with Gasteiger partial charge in [-0.05, 0) is 19.9 Å². The Kier molecular flexibility index (Phi) is 7.51. The number of Topliss-reactive ketones (excluding diaryl/α,β-unsaturated/α-hetero) is 2. The van der Waals surface area contributed by atoms with Crippen molar-refractivity contribution in [3.8, 4) is 0 Å². The summed E-state index contributed by atoms with van der Waals surface area (Å²) in [6.45, 7) is 7.45. The molecule has 0 saturated heterocycles. The van der Waals surface area contributed by atoms with E-state index >= 15 is 0 Å². The predicted molar refractivity (Wildman–Crippen MR) is 79.6 cm³/mol. The van der Waals surface area contributed by atoms with E-state index in [9.17, 15) is 22.8 Å². The van der Waals surface area contributed by atoms with E-state index in [1.807, 2.05) is 0 Å². The lowest BCUT2D eigenvalue weighted by atomic mass is 9.98. The molecule has 1 amide bonds. The second kappa shape index (κ2) is 8.31. The third kappa shape index (κ3) is 5.47. The first-order chi connectivity index (χ1) is 9.71. The molecule has 1 N–H and O–H groups in total. The van der Waals surface area contributed by atoms with Crippen molar-refractivity contribution in [3.63, 3.8) is 0 Å². The number of rotatable bonds is 8. The molecule has 0 spiro atoms. The quantitative estimate of drug-likeness (QED) is 0.537. The number of ketones is 2. The second-order valence-corrected chi connectivity index (χ2v) is 5.80. The van der Waals surface area contributed by atoms with Gasteiger partial charge in [-0.3, -0.25) is 14.4 Å². The number of hydrogen-bond donors (Lipinski definition) is 1. The molecule has 0 aliphatic carbocycles. The van der Waals surface area contributed by atoms with Gasteiger partial charge < -0.3 is 0 Å². The van der Waals surface area contributed by atoms with E-state index in [0.29, 0.717) is 0 Å². The molecule has 21 heavy (non-hydrogen) atoms. The SMILES string of the molecule is C=C/C=C\C(=C/C)S(=O)(=O)NC(=O)C(C(C)=O)C(=O)CC. The van der Waals surface area contributed by atoms with Gasteiger partial charge >= 0.3 is 0 Å². The van der Waals surface area contributed by atoms with Crippen LogP contribution in [0.25, 0.3) is 0 Å². The van der Waals surface area contributed by atoms with Crippen molar-refractivity contribution in [2.75, 3.05) is 0 Å². The third-order valence-electron chi connectivity index (χ3n) is 2.57. The monoisotopic (exact) mass is 313 g/mol. The molecule has 0 aliphatic rings. The minimum atomic E-state index is -4.14. The lowest BCUT2D eigenvalue weighted by Crippen LogP contribution is -2.42.